The summed E-state index contributed by atoms with van der Waals surface area (Å²) in [5, 5.41) is 0. The molecule has 0 fully saturated rings. The first kappa shape index (κ1) is 11.7. The molecule has 2 N–H and O–H groups in total. The van der Waals surface area contributed by atoms with Gasteiger partial charge in [0.2, 0.25) is 0 Å². The van der Waals surface area contributed by atoms with Crippen LogP contribution in [0.15, 0.2) is 18.2 Å². The first-order chi connectivity index (χ1) is 7.10. The van der Waals surface area contributed by atoms with Gasteiger partial charge in [-0.2, -0.15) is 0 Å². The molecular weight excluding hydrogens is 204 g/mol. The summed E-state index contributed by atoms with van der Waals surface area (Å²) in [4.78, 5) is 0. The van der Waals surface area contributed by atoms with Crippen molar-refractivity contribution in [3.05, 3.63) is 23.8 Å². The molecule has 0 amide bonds. The minimum Gasteiger partial charge on any atom is -0.497 e. The number of rotatable bonds is 4. The molecule has 0 unspecified atom stereocenters. The first-order valence-corrected chi connectivity index (χ1v) is 4.35. The van der Waals surface area contributed by atoms with E-state index in [0.717, 1.165) is 0 Å². The molecular formula is C10H13F2NO2. The maximum Gasteiger partial charge on any atom is 0.257 e. The van der Waals surface area contributed by atoms with Crippen LogP contribution in [0.25, 0.3) is 0 Å². The summed E-state index contributed by atoms with van der Waals surface area (Å²) in [7, 11) is 2.86. The molecule has 1 aromatic rings. The Hall–Kier alpha value is -1.36. The lowest BCUT2D eigenvalue weighted by Crippen LogP contribution is -2.19. The lowest BCUT2D eigenvalue weighted by molar-refractivity contribution is 0.115. The third-order valence-corrected chi connectivity index (χ3v) is 2.07. The van der Waals surface area contributed by atoms with Gasteiger partial charge in [-0.15, -0.1) is 0 Å². The van der Waals surface area contributed by atoms with Crippen molar-refractivity contribution >= 4 is 0 Å². The number of halogens is 2. The Kier molecular flexibility index (Phi) is 3.85. The highest BCUT2D eigenvalue weighted by atomic mass is 19.3. The van der Waals surface area contributed by atoms with E-state index in [-0.39, 0.29) is 5.56 Å². The van der Waals surface area contributed by atoms with Gasteiger partial charge < -0.3 is 15.2 Å². The second-order valence-electron chi connectivity index (χ2n) is 2.97. The number of ether oxygens (including phenoxy) is 2. The van der Waals surface area contributed by atoms with Crippen molar-refractivity contribution in [3.8, 4) is 11.5 Å². The van der Waals surface area contributed by atoms with Crippen molar-refractivity contribution in [3.63, 3.8) is 0 Å². The molecule has 0 saturated heterocycles. The Balaban J connectivity index is 3.11. The quantitative estimate of drug-likeness (QED) is 0.838. The average Bonchev–Trinajstić information content (AvgIpc) is 2.27. The van der Waals surface area contributed by atoms with Crippen molar-refractivity contribution in [2.24, 2.45) is 5.73 Å². The van der Waals surface area contributed by atoms with Crippen molar-refractivity contribution in [2.45, 2.75) is 12.5 Å². The van der Waals surface area contributed by atoms with Crippen LogP contribution in [0.3, 0.4) is 0 Å². The van der Waals surface area contributed by atoms with Crippen LogP contribution in [0.4, 0.5) is 8.78 Å². The largest absolute Gasteiger partial charge is 0.497 e. The third-order valence-electron chi connectivity index (χ3n) is 2.07. The van der Waals surface area contributed by atoms with Crippen molar-refractivity contribution in [1.29, 1.82) is 0 Å². The highest BCUT2D eigenvalue weighted by Gasteiger charge is 2.21. The smallest absolute Gasteiger partial charge is 0.257 e. The monoisotopic (exact) mass is 217 g/mol. The fourth-order valence-electron chi connectivity index (χ4n) is 1.24. The molecule has 0 heterocycles. The molecule has 0 bridgehead atoms. The van der Waals surface area contributed by atoms with Gasteiger partial charge in [-0.25, -0.2) is 8.78 Å². The SMILES string of the molecule is COc1ccc(OC)c([C@H](N)C(F)F)c1. The van der Waals surface area contributed by atoms with E-state index in [2.05, 4.69) is 0 Å². The van der Waals surface area contributed by atoms with E-state index in [4.69, 9.17) is 15.2 Å². The van der Waals surface area contributed by atoms with E-state index in [9.17, 15) is 8.78 Å². The van der Waals surface area contributed by atoms with Crippen LogP contribution >= 0.6 is 0 Å². The lowest BCUT2D eigenvalue weighted by atomic mass is 10.1. The van der Waals surface area contributed by atoms with Crippen LogP contribution in [0.5, 0.6) is 11.5 Å². The Bertz CT molecular complexity index is 331. The summed E-state index contributed by atoms with van der Waals surface area (Å²) >= 11 is 0. The van der Waals surface area contributed by atoms with Crippen molar-refractivity contribution in [1.82, 2.24) is 0 Å². The maximum absolute atomic E-state index is 12.4. The summed E-state index contributed by atoms with van der Waals surface area (Å²) in [6, 6.07) is 3.27. The topological polar surface area (TPSA) is 44.5 Å². The maximum atomic E-state index is 12.4. The van der Waals surface area contributed by atoms with E-state index in [1.165, 1.54) is 20.3 Å². The molecule has 0 saturated carbocycles. The van der Waals surface area contributed by atoms with E-state index in [1.807, 2.05) is 0 Å². The number of hydrogen-bond acceptors (Lipinski definition) is 3. The van der Waals surface area contributed by atoms with E-state index in [0.29, 0.717) is 11.5 Å². The summed E-state index contributed by atoms with van der Waals surface area (Å²) in [6.45, 7) is 0. The molecule has 5 heteroatoms. The molecule has 0 aliphatic heterocycles. The average molecular weight is 217 g/mol. The zero-order valence-electron chi connectivity index (χ0n) is 8.54. The second-order valence-corrected chi connectivity index (χ2v) is 2.97. The van der Waals surface area contributed by atoms with Gasteiger partial charge in [-0.3, -0.25) is 0 Å². The number of alkyl halides is 2. The van der Waals surface area contributed by atoms with Gasteiger partial charge >= 0.3 is 0 Å². The molecule has 0 aromatic heterocycles. The van der Waals surface area contributed by atoms with Gasteiger partial charge in [0.15, 0.2) is 0 Å². The fourth-order valence-corrected chi connectivity index (χ4v) is 1.24. The van der Waals surface area contributed by atoms with Crippen LogP contribution in [0, 0.1) is 0 Å². The second kappa shape index (κ2) is 4.93. The molecule has 1 aromatic carbocycles. The summed E-state index contributed by atoms with van der Waals surface area (Å²) in [6.07, 6.45) is -2.63. The molecule has 0 aliphatic rings. The fraction of sp³-hybridized carbons (Fsp3) is 0.400. The molecule has 0 spiro atoms. The van der Waals surface area contributed by atoms with Gasteiger partial charge in [0, 0.05) is 5.56 Å². The number of nitrogens with two attached hydrogens (primary N) is 1. The lowest BCUT2D eigenvalue weighted by Gasteiger charge is -2.15. The number of hydrogen-bond donors (Lipinski definition) is 1. The Morgan fingerprint density at radius 2 is 1.87 bits per heavy atom. The van der Waals surface area contributed by atoms with Crippen LogP contribution in [0.1, 0.15) is 11.6 Å². The van der Waals surface area contributed by atoms with Gasteiger partial charge in [-0.05, 0) is 18.2 Å². The molecule has 1 atom stereocenters. The molecule has 3 nitrogen and oxygen atoms in total. The van der Waals surface area contributed by atoms with Crippen LogP contribution < -0.4 is 15.2 Å². The summed E-state index contributed by atoms with van der Waals surface area (Å²) in [5.41, 5.74) is 5.59. The van der Waals surface area contributed by atoms with Gasteiger partial charge in [-0.1, -0.05) is 0 Å². The predicted octanol–water partition coefficient (Wildman–Crippen LogP) is 1.97. The highest BCUT2D eigenvalue weighted by molar-refractivity contribution is 5.42. The van der Waals surface area contributed by atoms with Crippen molar-refractivity contribution < 1.29 is 18.3 Å². The molecule has 1 rings (SSSR count). The highest BCUT2D eigenvalue weighted by Crippen LogP contribution is 2.30. The minimum absolute atomic E-state index is 0.242. The summed E-state index contributed by atoms with van der Waals surface area (Å²) < 4.78 is 34.8. The minimum atomic E-state index is -2.63. The zero-order valence-corrected chi connectivity index (χ0v) is 8.54. The molecule has 15 heavy (non-hydrogen) atoms. The van der Waals surface area contributed by atoms with Gasteiger partial charge in [0.25, 0.3) is 6.43 Å². The van der Waals surface area contributed by atoms with E-state index >= 15 is 0 Å². The van der Waals surface area contributed by atoms with Crippen LogP contribution in [-0.4, -0.2) is 20.6 Å². The van der Waals surface area contributed by atoms with Gasteiger partial charge in [0.05, 0.1) is 20.3 Å². The van der Waals surface area contributed by atoms with Crippen LogP contribution in [-0.2, 0) is 0 Å². The van der Waals surface area contributed by atoms with Gasteiger partial charge in [0.1, 0.15) is 11.5 Å². The zero-order chi connectivity index (χ0) is 11.4. The normalized spacial score (nSPS) is 12.7. The van der Waals surface area contributed by atoms with Crippen molar-refractivity contribution in [2.75, 3.05) is 14.2 Å². The van der Waals surface area contributed by atoms with E-state index in [1.54, 1.807) is 12.1 Å². The van der Waals surface area contributed by atoms with E-state index < -0.39 is 12.5 Å². The number of benzene rings is 1. The molecule has 0 radical (unpaired) electrons. The molecule has 0 aliphatic carbocycles. The standard InChI is InChI=1S/C10H13F2NO2/c1-14-6-3-4-8(15-2)7(5-6)9(13)10(11)12/h3-5,9-10H,13H2,1-2H3/t9-/m0/s1. The first-order valence-electron chi connectivity index (χ1n) is 4.35. The van der Waals surface area contributed by atoms with Crippen LogP contribution in [0.2, 0.25) is 0 Å². The number of methoxy groups -OCH3 is 2. The Morgan fingerprint density at radius 3 is 2.33 bits per heavy atom. The molecule has 84 valence electrons. The predicted molar refractivity (Wildman–Crippen MR) is 52.5 cm³/mol. The third kappa shape index (κ3) is 2.56. The Morgan fingerprint density at radius 1 is 1.20 bits per heavy atom. The Labute approximate surface area is 86.8 Å². The summed E-state index contributed by atoms with van der Waals surface area (Å²) in [5.74, 6) is 0.811.